The van der Waals surface area contributed by atoms with E-state index in [2.05, 4.69) is 5.32 Å². The largest absolute Gasteiger partial charge is 0.492 e. The van der Waals surface area contributed by atoms with Crippen molar-refractivity contribution in [3.8, 4) is 5.75 Å². The van der Waals surface area contributed by atoms with E-state index in [0.29, 0.717) is 36.9 Å². The SMILES string of the molecule is O=C(NCC1CCN1C(=O)C1(CO)CC1)c1ccccc1OCC1CC1. The molecule has 26 heavy (non-hydrogen) atoms. The number of carbonyl (C=O) groups is 2. The van der Waals surface area contributed by atoms with E-state index in [1.807, 2.05) is 18.2 Å². The summed E-state index contributed by atoms with van der Waals surface area (Å²) < 4.78 is 5.80. The fourth-order valence-electron chi connectivity index (χ4n) is 3.39. The first-order chi connectivity index (χ1) is 12.6. The molecule has 140 valence electrons. The summed E-state index contributed by atoms with van der Waals surface area (Å²) in [5.74, 6) is 1.12. The van der Waals surface area contributed by atoms with Crippen molar-refractivity contribution in [3.05, 3.63) is 29.8 Å². The number of rotatable bonds is 8. The van der Waals surface area contributed by atoms with Crippen LogP contribution < -0.4 is 10.1 Å². The van der Waals surface area contributed by atoms with Crippen molar-refractivity contribution in [2.75, 3.05) is 26.3 Å². The molecule has 2 amide bonds. The second kappa shape index (κ2) is 6.91. The molecule has 1 aliphatic heterocycles. The Morgan fingerprint density at radius 1 is 1.23 bits per heavy atom. The Hall–Kier alpha value is -2.08. The lowest BCUT2D eigenvalue weighted by Gasteiger charge is -2.43. The Morgan fingerprint density at radius 3 is 2.62 bits per heavy atom. The van der Waals surface area contributed by atoms with Crippen LogP contribution in [-0.4, -0.2) is 54.2 Å². The molecule has 2 aliphatic carbocycles. The third-order valence-electron chi connectivity index (χ3n) is 5.82. The van der Waals surface area contributed by atoms with Gasteiger partial charge in [0.05, 0.1) is 30.2 Å². The second-order valence-corrected chi connectivity index (χ2v) is 7.84. The fraction of sp³-hybridized carbons (Fsp3) is 0.600. The van der Waals surface area contributed by atoms with E-state index >= 15 is 0 Å². The maximum Gasteiger partial charge on any atom is 0.255 e. The van der Waals surface area contributed by atoms with E-state index < -0.39 is 5.41 Å². The van der Waals surface area contributed by atoms with E-state index in [4.69, 9.17) is 4.74 Å². The third kappa shape index (κ3) is 3.43. The maximum atomic E-state index is 12.6. The van der Waals surface area contributed by atoms with E-state index in [1.165, 1.54) is 12.8 Å². The highest BCUT2D eigenvalue weighted by Gasteiger charge is 2.53. The van der Waals surface area contributed by atoms with Crippen molar-refractivity contribution in [3.63, 3.8) is 0 Å². The van der Waals surface area contributed by atoms with E-state index in [1.54, 1.807) is 11.0 Å². The van der Waals surface area contributed by atoms with Crippen molar-refractivity contribution < 1.29 is 19.4 Å². The normalized spacial score (nSPS) is 23.1. The van der Waals surface area contributed by atoms with Crippen LogP contribution >= 0.6 is 0 Å². The zero-order valence-corrected chi connectivity index (χ0v) is 14.9. The van der Waals surface area contributed by atoms with Crippen molar-refractivity contribution in [2.24, 2.45) is 11.3 Å². The number of amides is 2. The van der Waals surface area contributed by atoms with Crippen molar-refractivity contribution in [1.29, 1.82) is 0 Å². The van der Waals surface area contributed by atoms with Crippen LogP contribution in [0.25, 0.3) is 0 Å². The molecule has 0 aromatic heterocycles. The van der Waals surface area contributed by atoms with Gasteiger partial charge in [0, 0.05) is 13.1 Å². The lowest BCUT2D eigenvalue weighted by Crippen LogP contribution is -2.58. The van der Waals surface area contributed by atoms with Crippen LogP contribution in [0.15, 0.2) is 24.3 Å². The summed E-state index contributed by atoms with van der Waals surface area (Å²) in [6, 6.07) is 7.32. The van der Waals surface area contributed by atoms with Gasteiger partial charge in [-0.1, -0.05) is 12.1 Å². The minimum Gasteiger partial charge on any atom is -0.492 e. The molecule has 2 saturated carbocycles. The van der Waals surface area contributed by atoms with Crippen LogP contribution in [0.5, 0.6) is 5.75 Å². The molecule has 1 heterocycles. The summed E-state index contributed by atoms with van der Waals surface area (Å²) in [4.78, 5) is 26.9. The molecule has 1 atom stereocenters. The second-order valence-electron chi connectivity index (χ2n) is 7.84. The first kappa shape index (κ1) is 17.3. The minimum atomic E-state index is -0.536. The van der Waals surface area contributed by atoms with Crippen molar-refractivity contribution in [2.45, 2.75) is 38.1 Å². The number of ether oxygens (including phenoxy) is 1. The number of aliphatic hydroxyl groups is 1. The number of likely N-dealkylation sites (tertiary alicyclic amines) is 1. The van der Waals surface area contributed by atoms with Gasteiger partial charge in [-0.15, -0.1) is 0 Å². The minimum absolute atomic E-state index is 0.0232. The number of nitrogens with one attached hydrogen (secondary N) is 1. The standard InChI is InChI=1S/C20H26N2O4/c23-13-20(8-9-20)19(25)22-10-7-15(22)11-21-18(24)16-3-1-2-4-17(16)26-12-14-5-6-14/h1-4,14-15,23H,5-13H2,(H,21,24). The Bertz CT molecular complexity index is 697. The van der Waals surface area contributed by atoms with E-state index in [0.717, 1.165) is 19.3 Å². The Balaban J connectivity index is 1.32. The van der Waals surface area contributed by atoms with Crippen molar-refractivity contribution >= 4 is 11.8 Å². The lowest BCUT2D eigenvalue weighted by atomic mass is 9.97. The molecular weight excluding hydrogens is 332 g/mol. The van der Waals surface area contributed by atoms with Gasteiger partial charge in [-0.05, 0) is 50.2 Å². The Kier molecular flexibility index (Phi) is 4.61. The topological polar surface area (TPSA) is 78.9 Å². The van der Waals surface area contributed by atoms with E-state index in [-0.39, 0.29) is 24.5 Å². The Morgan fingerprint density at radius 2 is 2.00 bits per heavy atom. The van der Waals surface area contributed by atoms with Gasteiger partial charge in [0.25, 0.3) is 5.91 Å². The summed E-state index contributed by atoms with van der Waals surface area (Å²) in [6.07, 6.45) is 4.82. The van der Waals surface area contributed by atoms with Gasteiger partial charge in [-0.2, -0.15) is 0 Å². The predicted molar refractivity (Wildman–Crippen MR) is 95.9 cm³/mol. The third-order valence-corrected chi connectivity index (χ3v) is 5.82. The number of benzene rings is 1. The number of hydrogen-bond acceptors (Lipinski definition) is 4. The molecule has 3 aliphatic rings. The van der Waals surface area contributed by atoms with Crippen LogP contribution in [0, 0.1) is 11.3 Å². The molecule has 6 heteroatoms. The average Bonchev–Trinajstić information content (AvgIpc) is 3.54. The van der Waals surface area contributed by atoms with Crippen LogP contribution in [0.2, 0.25) is 0 Å². The fourth-order valence-corrected chi connectivity index (χ4v) is 3.39. The number of hydrogen-bond donors (Lipinski definition) is 2. The van der Waals surface area contributed by atoms with Crippen LogP contribution in [0.1, 0.15) is 42.5 Å². The van der Waals surface area contributed by atoms with Gasteiger partial charge in [-0.25, -0.2) is 0 Å². The van der Waals surface area contributed by atoms with Gasteiger partial charge in [0.1, 0.15) is 5.75 Å². The molecule has 2 N–H and O–H groups in total. The molecule has 0 radical (unpaired) electrons. The predicted octanol–water partition coefficient (Wildman–Crippen LogP) is 1.58. The van der Waals surface area contributed by atoms with Gasteiger partial charge < -0.3 is 20.1 Å². The highest BCUT2D eigenvalue weighted by molar-refractivity contribution is 5.97. The first-order valence-electron chi connectivity index (χ1n) is 9.55. The molecule has 0 spiro atoms. The zero-order chi connectivity index (χ0) is 18.1. The average molecular weight is 358 g/mol. The van der Waals surface area contributed by atoms with Crippen LogP contribution in [0.3, 0.4) is 0 Å². The van der Waals surface area contributed by atoms with Crippen LogP contribution in [0.4, 0.5) is 0 Å². The van der Waals surface area contributed by atoms with Gasteiger partial charge in [0.2, 0.25) is 5.91 Å². The quantitative estimate of drug-likeness (QED) is 0.739. The lowest BCUT2D eigenvalue weighted by molar-refractivity contribution is -0.146. The molecular formula is C20H26N2O4. The van der Waals surface area contributed by atoms with Crippen molar-refractivity contribution in [1.82, 2.24) is 10.2 Å². The highest BCUT2D eigenvalue weighted by atomic mass is 16.5. The molecule has 0 bridgehead atoms. The summed E-state index contributed by atoms with van der Waals surface area (Å²) in [5, 5.41) is 12.4. The molecule has 1 saturated heterocycles. The molecule has 4 rings (SSSR count). The Labute approximate surface area is 153 Å². The number of para-hydroxylation sites is 1. The van der Waals surface area contributed by atoms with Crippen LogP contribution in [-0.2, 0) is 4.79 Å². The summed E-state index contributed by atoms with van der Waals surface area (Å²) in [6.45, 7) is 1.73. The molecule has 1 aromatic carbocycles. The van der Waals surface area contributed by atoms with Gasteiger partial charge in [-0.3, -0.25) is 9.59 Å². The monoisotopic (exact) mass is 358 g/mol. The smallest absolute Gasteiger partial charge is 0.255 e. The number of nitrogens with zero attached hydrogens (tertiary/aromatic N) is 1. The zero-order valence-electron chi connectivity index (χ0n) is 14.9. The number of aliphatic hydroxyl groups excluding tert-OH is 1. The molecule has 1 aromatic rings. The molecule has 6 nitrogen and oxygen atoms in total. The molecule has 3 fully saturated rings. The summed E-state index contributed by atoms with van der Waals surface area (Å²) in [7, 11) is 0. The maximum absolute atomic E-state index is 12.6. The first-order valence-corrected chi connectivity index (χ1v) is 9.55. The molecule has 1 unspecified atom stereocenters. The summed E-state index contributed by atoms with van der Waals surface area (Å²) in [5.41, 5.74) is 0.00530. The van der Waals surface area contributed by atoms with Gasteiger partial charge in [0.15, 0.2) is 0 Å². The van der Waals surface area contributed by atoms with E-state index in [9.17, 15) is 14.7 Å². The van der Waals surface area contributed by atoms with Gasteiger partial charge >= 0.3 is 0 Å². The number of carbonyl (C=O) groups excluding carboxylic acids is 2. The highest BCUT2D eigenvalue weighted by Crippen LogP contribution is 2.47. The summed E-state index contributed by atoms with van der Waals surface area (Å²) >= 11 is 0.